The number of carbonyl (C=O) groups is 1. The molecule has 1 amide bonds. The normalized spacial score (nSPS) is 15.5. The Morgan fingerprint density at radius 1 is 0.684 bits per heavy atom. The predicted molar refractivity (Wildman–Crippen MR) is 151 cm³/mol. The molecule has 4 heteroatoms. The largest absolute Gasteiger partial charge is 0.494 e. The summed E-state index contributed by atoms with van der Waals surface area (Å²) in [5, 5.41) is 0. The van der Waals surface area contributed by atoms with E-state index in [2.05, 4.69) is 72.8 Å². The maximum absolute atomic E-state index is 12.8. The Morgan fingerprint density at radius 2 is 1.18 bits per heavy atom. The first-order valence-electron chi connectivity index (χ1n) is 13.6. The number of rotatable bonds is 12. The van der Waals surface area contributed by atoms with Crippen molar-refractivity contribution in [2.24, 2.45) is 0 Å². The number of hydrogen-bond acceptors (Lipinski definition) is 3. The van der Waals surface area contributed by atoms with Crippen molar-refractivity contribution in [3.05, 3.63) is 138 Å². The highest BCUT2D eigenvalue weighted by atomic mass is 16.5. The van der Waals surface area contributed by atoms with Crippen LogP contribution in [0.15, 0.2) is 121 Å². The molecule has 1 atom stereocenters. The van der Waals surface area contributed by atoms with Crippen LogP contribution in [0.4, 0.5) is 0 Å². The molecule has 0 bridgehead atoms. The van der Waals surface area contributed by atoms with E-state index < -0.39 is 5.60 Å². The van der Waals surface area contributed by atoms with E-state index in [1.807, 2.05) is 53.4 Å². The SMILES string of the molecule is O=C1CC[C@@H](COC(c2ccccc2)(c2ccccc2)c2ccccc2)N1CCCCOc1ccccc1. The Bertz CT molecular complexity index is 1170. The topological polar surface area (TPSA) is 38.8 Å². The zero-order valence-corrected chi connectivity index (χ0v) is 21.7. The molecule has 194 valence electrons. The van der Waals surface area contributed by atoms with Gasteiger partial charge in [0.15, 0.2) is 0 Å². The van der Waals surface area contributed by atoms with Gasteiger partial charge in [-0.3, -0.25) is 4.79 Å². The summed E-state index contributed by atoms with van der Waals surface area (Å²) in [7, 11) is 0. The van der Waals surface area contributed by atoms with Gasteiger partial charge >= 0.3 is 0 Å². The molecule has 0 spiro atoms. The van der Waals surface area contributed by atoms with E-state index in [1.165, 1.54) is 0 Å². The molecule has 4 aromatic carbocycles. The van der Waals surface area contributed by atoms with E-state index in [9.17, 15) is 4.79 Å². The monoisotopic (exact) mass is 505 g/mol. The maximum atomic E-state index is 12.8. The summed E-state index contributed by atoms with van der Waals surface area (Å²) in [6.07, 6.45) is 3.18. The number of hydrogen-bond donors (Lipinski definition) is 0. The average molecular weight is 506 g/mol. The number of amides is 1. The third-order valence-corrected chi connectivity index (χ3v) is 7.29. The molecule has 1 heterocycles. The number of ether oxygens (including phenoxy) is 2. The summed E-state index contributed by atoms with van der Waals surface area (Å²) in [6.45, 7) is 1.83. The van der Waals surface area contributed by atoms with Gasteiger partial charge in [-0.25, -0.2) is 0 Å². The molecule has 1 saturated heterocycles. The fourth-order valence-corrected chi connectivity index (χ4v) is 5.35. The summed E-state index contributed by atoms with van der Waals surface area (Å²) in [4.78, 5) is 14.9. The van der Waals surface area contributed by atoms with Gasteiger partial charge in [0.05, 0.1) is 19.3 Å². The number of carbonyl (C=O) groups excluding carboxylic acids is 1. The molecule has 38 heavy (non-hydrogen) atoms. The van der Waals surface area contributed by atoms with Crippen LogP contribution in [0.1, 0.15) is 42.4 Å². The Labute approximate surface area is 225 Å². The Hall–Kier alpha value is -3.89. The second-order valence-corrected chi connectivity index (χ2v) is 9.74. The number of likely N-dealkylation sites (tertiary alicyclic amines) is 1. The zero-order chi connectivity index (χ0) is 26.0. The van der Waals surface area contributed by atoms with Gasteiger partial charge in [-0.2, -0.15) is 0 Å². The molecule has 1 aliphatic rings. The Balaban J connectivity index is 1.32. The summed E-state index contributed by atoms with van der Waals surface area (Å²) < 4.78 is 12.9. The van der Waals surface area contributed by atoms with E-state index in [-0.39, 0.29) is 11.9 Å². The van der Waals surface area contributed by atoms with E-state index >= 15 is 0 Å². The minimum Gasteiger partial charge on any atom is -0.494 e. The first-order chi connectivity index (χ1) is 18.8. The lowest BCUT2D eigenvalue weighted by atomic mass is 9.80. The van der Waals surface area contributed by atoms with Crippen molar-refractivity contribution in [1.29, 1.82) is 0 Å². The van der Waals surface area contributed by atoms with Crippen molar-refractivity contribution in [2.75, 3.05) is 19.8 Å². The van der Waals surface area contributed by atoms with Crippen molar-refractivity contribution in [3.63, 3.8) is 0 Å². The van der Waals surface area contributed by atoms with Crippen LogP contribution in [0.5, 0.6) is 5.75 Å². The van der Waals surface area contributed by atoms with Crippen LogP contribution in [0.2, 0.25) is 0 Å². The van der Waals surface area contributed by atoms with E-state index in [4.69, 9.17) is 9.47 Å². The highest BCUT2D eigenvalue weighted by molar-refractivity contribution is 5.78. The van der Waals surface area contributed by atoms with Gasteiger partial charge in [0.1, 0.15) is 11.4 Å². The summed E-state index contributed by atoms with van der Waals surface area (Å²) in [5.41, 5.74) is 2.45. The molecule has 0 unspecified atom stereocenters. The van der Waals surface area contributed by atoms with E-state index in [0.29, 0.717) is 19.6 Å². The van der Waals surface area contributed by atoms with Crippen LogP contribution in [0.3, 0.4) is 0 Å². The Kier molecular flexibility index (Phi) is 8.52. The van der Waals surface area contributed by atoms with Crippen LogP contribution in [-0.2, 0) is 15.1 Å². The van der Waals surface area contributed by atoms with Crippen molar-refractivity contribution < 1.29 is 14.3 Å². The standard InChI is InChI=1S/C34H35NO3/c36-33-24-23-31(35(33)25-13-14-26-37-32-21-11-4-12-22-32)27-38-34(28-15-5-1-6-16-28,29-17-7-2-8-18-29)30-19-9-3-10-20-30/h1-12,15-22,31H,13-14,23-27H2/t31-/m0/s1. The highest BCUT2D eigenvalue weighted by Crippen LogP contribution is 2.41. The minimum absolute atomic E-state index is 0.0491. The van der Waals surface area contributed by atoms with Crippen molar-refractivity contribution in [1.82, 2.24) is 4.90 Å². The molecule has 4 nitrogen and oxygen atoms in total. The third kappa shape index (κ3) is 5.81. The Morgan fingerprint density at radius 3 is 1.71 bits per heavy atom. The van der Waals surface area contributed by atoms with Gasteiger partial charge in [-0.1, -0.05) is 109 Å². The van der Waals surface area contributed by atoms with Crippen LogP contribution in [0.25, 0.3) is 0 Å². The number of nitrogens with zero attached hydrogens (tertiary/aromatic N) is 1. The third-order valence-electron chi connectivity index (χ3n) is 7.29. The average Bonchev–Trinajstić information content (AvgIpc) is 3.34. The van der Waals surface area contributed by atoms with Crippen molar-refractivity contribution in [2.45, 2.75) is 37.3 Å². The van der Waals surface area contributed by atoms with Crippen LogP contribution < -0.4 is 4.74 Å². The zero-order valence-electron chi connectivity index (χ0n) is 21.7. The highest BCUT2D eigenvalue weighted by Gasteiger charge is 2.40. The summed E-state index contributed by atoms with van der Waals surface area (Å²) >= 11 is 0. The van der Waals surface area contributed by atoms with Gasteiger partial charge in [-0.05, 0) is 48.1 Å². The first kappa shape index (κ1) is 25.7. The smallest absolute Gasteiger partial charge is 0.222 e. The van der Waals surface area contributed by atoms with E-state index in [1.54, 1.807) is 0 Å². The minimum atomic E-state index is -0.773. The molecule has 5 rings (SSSR count). The molecule has 1 aliphatic heterocycles. The molecule has 0 aromatic heterocycles. The molecule has 0 radical (unpaired) electrons. The molecular formula is C34H35NO3. The second-order valence-electron chi connectivity index (χ2n) is 9.74. The summed E-state index contributed by atoms with van der Waals surface area (Å²) in [6, 6.07) is 41.1. The van der Waals surface area contributed by atoms with Gasteiger partial charge in [0, 0.05) is 13.0 Å². The maximum Gasteiger partial charge on any atom is 0.222 e. The van der Waals surface area contributed by atoms with E-state index in [0.717, 1.165) is 48.2 Å². The van der Waals surface area contributed by atoms with Crippen molar-refractivity contribution >= 4 is 5.91 Å². The lowest BCUT2D eigenvalue weighted by Gasteiger charge is -2.38. The fourth-order valence-electron chi connectivity index (χ4n) is 5.35. The molecule has 4 aromatic rings. The lowest BCUT2D eigenvalue weighted by Crippen LogP contribution is -2.41. The fraction of sp³-hybridized carbons (Fsp3) is 0.265. The second kappa shape index (κ2) is 12.6. The molecule has 0 N–H and O–H groups in total. The quantitative estimate of drug-likeness (QED) is 0.156. The number of para-hydroxylation sites is 1. The van der Waals surface area contributed by atoms with Crippen LogP contribution in [0, 0.1) is 0 Å². The van der Waals surface area contributed by atoms with Crippen LogP contribution in [-0.4, -0.2) is 36.6 Å². The van der Waals surface area contributed by atoms with Crippen molar-refractivity contribution in [3.8, 4) is 5.75 Å². The number of benzene rings is 4. The van der Waals surface area contributed by atoms with Gasteiger partial charge in [0.25, 0.3) is 0 Å². The number of unbranched alkanes of at least 4 members (excludes halogenated alkanes) is 1. The molecule has 0 saturated carbocycles. The first-order valence-corrected chi connectivity index (χ1v) is 13.6. The summed E-state index contributed by atoms with van der Waals surface area (Å²) in [5.74, 6) is 1.10. The van der Waals surface area contributed by atoms with Gasteiger partial charge < -0.3 is 14.4 Å². The molecule has 0 aliphatic carbocycles. The van der Waals surface area contributed by atoms with Gasteiger partial charge in [-0.15, -0.1) is 0 Å². The molecular weight excluding hydrogens is 470 g/mol. The van der Waals surface area contributed by atoms with Gasteiger partial charge in [0.2, 0.25) is 5.91 Å². The lowest BCUT2D eigenvalue weighted by molar-refractivity contribution is -0.130. The van der Waals surface area contributed by atoms with Crippen LogP contribution >= 0.6 is 0 Å². The molecule has 1 fully saturated rings. The predicted octanol–water partition coefficient (Wildman–Crippen LogP) is 6.85.